The molecule has 4 rings (SSSR count). The quantitative estimate of drug-likeness (QED) is 0.456. The van der Waals surface area contributed by atoms with Crippen molar-refractivity contribution in [2.24, 2.45) is 7.05 Å². The van der Waals surface area contributed by atoms with Gasteiger partial charge in [-0.05, 0) is 31.3 Å². The van der Waals surface area contributed by atoms with Crippen LogP contribution in [0.4, 0.5) is 0 Å². The van der Waals surface area contributed by atoms with Gasteiger partial charge in [0.1, 0.15) is 11.6 Å². The van der Waals surface area contributed by atoms with E-state index in [0.717, 1.165) is 41.3 Å². The van der Waals surface area contributed by atoms with Crippen LogP contribution in [0.25, 0.3) is 22.1 Å². The van der Waals surface area contributed by atoms with Gasteiger partial charge in [0.2, 0.25) is 0 Å². The van der Waals surface area contributed by atoms with E-state index in [9.17, 15) is 0 Å². The second-order valence-corrected chi connectivity index (χ2v) is 13.1. The molecule has 2 heterocycles. The molecule has 0 aliphatic rings. The van der Waals surface area contributed by atoms with E-state index in [1.165, 1.54) is 5.52 Å². The molecule has 0 aliphatic heterocycles. The maximum atomic E-state index is 4.95. The van der Waals surface area contributed by atoms with Crippen LogP contribution in [0.15, 0.2) is 48.5 Å². The van der Waals surface area contributed by atoms with Crippen LogP contribution in [0.5, 0.6) is 0 Å². The number of aromatic nitrogens is 4. The van der Waals surface area contributed by atoms with Crippen LogP contribution >= 0.6 is 29.5 Å². The van der Waals surface area contributed by atoms with Crippen LogP contribution in [-0.2, 0) is 32.4 Å². The molecule has 2 aromatic heterocycles. The number of aryl methyl sites for hydroxylation is 1. The molecule has 0 aliphatic carbocycles. The van der Waals surface area contributed by atoms with Gasteiger partial charge >= 0.3 is 41.8 Å². The van der Waals surface area contributed by atoms with Gasteiger partial charge < -0.3 is 9.55 Å². The van der Waals surface area contributed by atoms with Gasteiger partial charge in [-0.3, -0.25) is 4.90 Å². The Balaban J connectivity index is 0.000000481. The van der Waals surface area contributed by atoms with E-state index in [0.29, 0.717) is 0 Å². The number of para-hydroxylation sites is 4. The molecule has 0 saturated carbocycles. The number of hydrogen-bond donors (Lipinski definition) is 1. The van der Waals surface area contributed by atoms with E-state index in [4.69, 9.17) is 34.5 Å². The molecule has 0 bridgehead atoms. The molecule has 0 unspecified atom stereocenters. The van der Waals surface area contributed by atoms with Gasteiger partial charge in [0, 0.05) is 7.05 Å². The normalized spacial score (nSPS) is 11.4. The first-order valence-corrected chi connectivity index (χ1v) is 14.0. The molecule has 9 heteroatoms. The van der Waals surface area contributed by atoms with Crippen molar-refractivity contribution in [1.29, 1.82) is 0 Å². The Morgan fingerprint density at radius 3 is 2.26 bits per heavy atom. The second kappa shape index (κ2) is 9.33. The van der Waals surface area contributed by atoms with Crippen LogP contribution in [0.2, 0.25) is 0 Å². The summed E-state index contributed by atoms with van der Waals surface area (Å²) in [6.45, 7) is 1.54. The third-order valence-corrected chi connectivity index (χ3v) is 4.15. The van der Waals surface area contributed by atoms with Crippen molar-refractivity contribution in [3.05, 3.63) is 60.2 Å². The molecular formula is C18H19Cl3N5V. The average Bonchev–Trinajstić information content (AvgIpc) is 3.15. The van der Waals surface area contributed by atoms with Crippen LogP contribution in [0.1, 0.15) is 11.6 Å². The predicted octanol–water partition coefficient (Wildman–Crippen LogP) is 5.15. The molecule has 4 aromatic rings. The Kier molecular flexibility index (Phi) is 7.09. The van der Waals surface area contributed by atoms with Crippen molar-refractivity contribution in [2.45, 2.75) is 13.1 Å². The first kappa shape index (κ1) is 20.5. The first-order chi connectivity index (χ1) is 12.9. The molecule has 0 fully saturated rings. The van der Waals surface area contributed by atoms with E-state index in [1.807, 2.05) is 30.3 Å². The van der Waals surface area contributed by atoms with E-state index in [1.54, 1.807) is 0 Å². The summed E-state index contributed by atoms with van der Waals surface area (Å²) in [5.41, 5.74) is 4.30. The van der Waals surface area contributed by atoms with Gasteiger partial charge in [0.15, 0.2) is 0 Å². The fraction of sp³-hybridized carbons (Fsp3) is 0.222. The summed E-state index contributed by atoms with van der Waals surface area (Å²) >= 11 is -1.77. The minimum absolute atomic E-state index is 0.762. The molecule has 2 aromatic carbocycles. The van der Waals surface area contributed by atoms with Crippen molar-refractivity contribution < 1.29 is 12.3 Å². The molecule has 0 amide bonds. The van der Waals surface area contributed by atoms with Gasteiger partial charge in [-0.25, -0.2) is 9.97 Å². The Morgan fingerprint density at radius 1 is 0.963 bits per heavy atom. The molecule has 142 valence electrons. The number of halogens is 3. The zero-order chi connectivity index (χ0) is 19.4. The molecule has 0 saturated heterocycles. The summed E-state index contributed by atoms with van der Waals surface area (Å²) in [5, 5.41) is 0. The van der Waals surface area contributed by atoms with Crippen molar-refractivity contribution >= 4 is 51.6 Å². The molecule has 0 spiro atoms. The fourth-order valence-corrected chi connectivity index (χ4v) is 2.97. The van der Waals surface area contributed by atoms with Crippen LogP contribution in [-0.4, -0.2) is 31.5 Å². The topological polar surface area (TPSA) is 49.7 Å². The standard InChI is InChI=1S/C18H19N5.3ClH.V/c1-22(11-17-19-13-7-3-4-8-14(13)20-17)12-18-21-15-9-5-6-10-16(15)23(18)2;;;;/h3-10H,11-12H2,1-2H3,(H,19,20);3*1H;/q;;;;+3/p-3. The Bertz CT molecular complexity index is 994. The van der Waals surface area contributed by atoms with Gasteiger partial charge in [-0.2, -0.15) is 0 Å². The number of imidazole rings is 2. The van der Waals surface area contributed by atoms with Gasteiger partial charge in [0.05, 0.1) is 35.2 Å². The summed E-state index contributed by atoms with van der Waals surface area (Å²) in [5.74, 6) is 2.04. The number of benzene rings is 2. The van der Waals surface area contributed by atoms with E-state index in [-0.39, 0.29) is 0 Å². The second-order valence-electron chi connectivity index (χ2n) is 6.14. The Labute approximate surface area is 175 Å². The molecule has 5 nitrogen and oxygen atoms in total. The zero-order valence-electron chi connectivity index (χ0n) is 14.9. The number of nitrogens with one attached hydrogen (secondary N) is 1. The predicted molar refractivity (Wildman–Crippen MR) is 110 cm³/mol. The van der Waals surface area contributed by atoms with Gasteiger partial charge in [-0.1, -0.05) is 24.3 Å². The van der Waals surface area contributed by atoms with E-state index < -0.39 is 12.3 Å². The van der Waals surface area contributed by atoms with Gasteiger partial charge in [0.25, 0.3) is 0 Å². The van der Waals surface area contributed by atoms with Crippen LogP contribution in [0, 0.1) is 0 Å². The molecular weight excluding hydrogens is 444 g/mol. The molecule has 0 radical (unpaired) electrons. The Hall–Kier alpha value is -1.21. The minimum atomic E-state index is -1.77. The summed E-state index contributed by atoms with van der Waals surface area (Å²) in [7, 11) is 19.0. The molecule has 1 N–H and O–H groups in total. The van der Waals surface area contributed by atoms with Crippen molar-refractivity contribution in [1.82, 2.24) is 24.4 Å². The van der Waals surface area contributed by atoms with Crippen LogP contribution in [0.3, 0.4) is 0 Å². The third kappa shape index (κ3) is 5.41. The Morgan fingerprint density at radius 2 is 1.59 bits per heavy atom. The van der Waals surface area contributed by atoms with Gasteiger partial charge in [-0.15, -0.1) is 0 Å². The molecule has 27 heavy (non-hydrogen) atoms. The SMILES string of the molecule is CN(Cc1nc2ccccc2[nH]1)Cc1nc2ccccc2n1C.[Cl][V]([Cl])[Cl]. The third-order valence-electron chi connectivity index (χ3n) is 4.15. The number of aromatic amines is 1. The summed E-state index contributed by atoms with van der Waals surface area (Å²) in [6.07, 6.45) is 0. The average molecular weight is 463 g/mol. The monoisotopic (exact) mass is 461 g/mol. The van der Waals surface area contributed by atoms with Crippen molar-refractivity contribution in [3.8, 4) is 0 Å². The zero-order valence-corrected chi connectivity index (χ0v) is 18.6. The number of hydrogen-bond acceptors (Lipinski definition) is 3. The van der Waals surface area contributed by atoms with E-state index in [2.05, 4.69) is 51.7 Å². The van der Waals surface area contributed by atoms with Crippen molar-refractivity contribution in [2.75, 3.05) is 7.05 Å². The number of fused-ring (bicyclic) bond motifs is 2. The summed E-state index contributed by atoms with van der Waals surface area (Å²) in [4.78, 5) is 15.0. The number of nitrogens with zero attached hydrogens (tertiary/aromatic N) is 4. The molecule has 0 atom stereocenters. The number of rotatable bonds is 4. The summed E-state index contributed by atoms with van der Waals surface area (Å²) < 4.78 is 2.16. The van der Waals surface area contributed by atoms with E-state index >= 15 is 0 Å². The summed E-state index contributed by atoms with van der Waals surface area (Å²) in [6, 6.07) is 16.3. The van der Waals surface area contributed by atoms with Crippen molar-refractivity contribution in [3.63, 3.8) is 0 Å². The number of H-pyrrole nitrogens is 1. The van der Waals surface area contributed by atoms with Crippen LogP contribution < -0.4 is 0 Å². The first-order valence-electron chi connectivity index (χ1n) is 8.24. The maximum absolute atomic E-state index is 4.95. The fourth-order valence-electron chi connectivity index (χ4n) is 2.97.